The monoisotopic (exact) mass is 540 g/mol. The minimum Gasteiger partial charge on any atom is -0.489 e. The summed E-state index contributed by atoms with van der Waals surface area (Å²) in [5.41, 5.74) is 2.59. The van der Waals surface area contributed by atoms with E-state index >= 15 is 0 Å². The van der Waals surface area contributed by atoms with Crippen LogP contribution in [0.1, 0.15) is 51.7 Å². The quantitative estimate of drug-likeness (QED) is 0.231. The van der Waals surface area contributed by atoms with Gasteiger partial charge in [-0.25, -0.2) is 13.4 Å². The predicted octanol–water partition coefficient (Wildman–Crippen LogP) is 4.79. The van der Waals surface area contributed by atoms with E-state index in [1.54, 1.807) is 30.5 Å². The van der Waals surface area contributed by atoms with Crippen LogP contribution in [0.25, 0.3) is 0 Å². The molecule has 0 radical (unpaired) electrons. The van der Waals surface area contributed by atoms with Gasteiger partial charge in [0.05, 0.1) is 11.1 Å². The Kier molecular flexibility index (Phi) is 10.1. The molecule has 1 unspecified atom stereocenters. The molecule has 0 aliphatic heterocycles. The van der Waals surface area contributed by atoms with Crippen molar-refractivity contribution in [2.24, 2.45) is 0 Å². The number of pyridine rings is 1. The number of sulfonamides is 1. The molecule has 8 nitrogen and oxygen atoms in total. The van der Waals surface area contributed by atoms with E-state index in [2.05, 4.69) is 55.0 Å². The van der Waals surface area contributed by atoms with E-state index in [1.807, 2.05) is 36.4 Å². The Hall–Kier alpha value is -3.14. The zero-order valence-corrected chi connectivity index (χ0v) is 23.7. The normalized spacial score (nSPS) is 12.8. The number of nitrogens with one attached hydrogen (secondary N) is 3. The first-order valence-electron chi connectivity index (χ1n) is 12.9. The van der Waals surface area contributed by atoms with E-state index in [0.717, 1.165) is 23.4 Å². The molecule has 2 aromatic carbocycles. The SMILES string of the molecule is CC(C)c1ccc(S(=O)(=O)Nc2ccc(CCNCC(O)COc3ccc(NC(C)(C)C)nc3)cc2)cc1. The highest BCUT2D eigenvalue weighted by Crippen LogP contribution is 2.20. The highest BCUT2D eigenvalue weighted by Gasteiger charge is 2.15. The summed E-state index contributed by atoms with van der Waals surface area (Å²) >= 11 is 0. The molecule has 0 saturated heterocycles. The van der Waals surface area contributed by atoms with Gasteiger partial charge < -0.3 is 20.5 Å². The third kappa shape index (κ3) is 9.63. The maximum Gasteiger partial charge on any atom is 0.261 e. The molecule has 0 saturated carbocycles. The maximum atomic E-state index is 12.7. The zero-order chi connectivity index (χ0) is 27.8. The molecule has 0 aliphatic rings. The molecule has 0 amide bonds. The smallest absolute Gasteiger partial charge is 0.261 e. The summed E-state index contributed by atoms with van der Waals surface area (Å²) in [6.07, 6.45) is 1.72. The molecule has 1 heterocycles. The number of aromatic nitrogens is 1. The standard InChI is InChI=1S/C29H40N4O4S/c1-21(2)23-8-13-27(14-9-23)38(35,36)33-24-10-6-22(7-11-24)16-17-30-18-25(34)20-37-26-12-15-28(31-19-26)32-29(3,4)5/h6-15,19,21,25,30,33-34H,16-18,20H2,1-5H3,(H,31,32). The van der Waals surface area contributed by atoms with E-state index in [1.165, 1.54) is 0 Å². The predicted molar refractivity (Wildman–Crippen MR) is 153 cm³/mol. The van der Waals surface area contributed by atoms with Gasteiger partial charge in [-0.15, -0.1) is 0 Å². The largest absolute Gasteiger partial charge is 0.489 e. The molecule has 0 fully saturated rings. The number of ether oxygens (including phenoxy) is 1. The van der Waals surface area contributed by atoms with Gasteiger partial charge >= 0.3 is 0 Å². The first-order chi connectivity index (χ1) is 17.9. The van der Waals surface area contributed by atoms with Crippen LogP contribution in [0, 0.1) is 0 Å². The fourth-order valence-electron chi connectivity index (χ4n) is 3.66. The lowest BCUT2D eigenvalue weighted by molar-refractivity contribution is 0.106. The number of hydrogen-bond donors (Lipinski definition) is 4. The van der Waals surface area contributed by atoms with Crippen LogP contribution in [0.4, 0.5) is 11.5 Å². The van der Waals surface area contributed by atoms with Crippen molar-refractivity contribution in [3.05, 3.63) is 78.0 Å². The topological polar surface area (TPSA) is 113 Å². The van der Waals surface area contributed by atoms with Gasteiger partial charge in [0.25, 0.3) is 10.0 Å². The second kappa shape index (κ2) is 13.1. The number of nitrogens with zero attached hydrogens (tertiary/aromatic N) is 1. The van der Waals surface area contributed by atoms with Crippen LogP contribution in [-0.4, -0.2) is 49.8 Å². The van der Waals surface area contributed by atoms with E-state index in [9.17, 15) is 13.5 Å². The van der Waals surface area contributed by atoms with Crippen molar-refractivity contribution in [2.75, 3.05) is 29.7 Å². The van der Waals surface area contributed by atoms with Crippen molar-refractivity contribution in [1.82, 2.24) is 10.3 Å². The fourth-order valence-corrected chi connectivity index (χ4v) is 4.72. The van der Waals surface area contributed by atoms with E-state index in [-0.39, 0.29) is 17.0 Å². The molecule has 1 atom stereocenters. The van der Waals surface area contributed by atoms with Crippen molar-refractivity contribution >= 4 is 21.5 Å². The van der Waals surface area contributed by atoms with Gasteiger partial charge in [-0.05, 0) is 87.2 Å². The number of aliphatic hydroxyl groups is 1. The molecule has 3 aromatic rings. The van der Waals surface area contributed by atoms with Crippen molar-refractivity contribution in [3.8, 4) is 5.75 Å². The maximum absolute atomic E-state index is 12.7. The van der Waals surface area contributed by atoms with Gasteiger partial charge in [-0.2, -0.15) is 0 Å². The van der Waals surface area contributed by atoms with Crippen LogP contribution in [0.15, 0.2) is 71.8 Å². The number of aliphatic hydroxyl groups excluding tert-OH is 1. The zero-order valence-electron chi connectivity index (χ0n) is 22.9. The Morgan fingerprint density at radius 1 is 0.974 bits per heavy atom. The molecule has 4 N–H and O–H groups in total. The molecule has 0 bridgehead atoms. The second-order valence-electron chi connectivity index (χ2n) is 10.7. The molecule has 0 aliphatic carbocycles. The van der Waals surface area contributed by atoms with Crippen LogP contribution in [-0.2, 0) is 16.4 Å². The molecular weight excluding hydrogens is 500 g/mol. The summed E-state index contributed by atoms with van der Waals surface area (Å²) < 4.78 is 33.6. The average Bonchev–Trinajstić information content (AvgIpc) is 2.86. The first-order valence-corrected chi connectivity index (χ1v) is 14.4. The van der Waals surface area contributed by atoms with E-state index in [4.69, 9.17) is 4.74 Å². The minimum atomic E-state index is -3.64. The van der Waals surface area contributed by atoms with Crippen LogP contribution < -0.4 is 20.1 Å². The fraction of sp³-hybridized carbons (Fsp3) is 0.414. The summed E-state index contributed by atoms with van der Waals surface area (Å²) in [5.74, 6) is 1.72. The molecule has 1 aromatic heterocycles. The van der Waals surface area contributed by atoms with Gasteiger partial charge in [0.15, 0.2) is 0 Å². The summed E-state index contributed by atoms with van der Waals surface area (Å²) in [6.45, 7) is 11.6. The van der Waals surface area contributed by atoms with Gasteiger partial charge in [-0.1, -0.05) is 38.1 Å². The lowest BCUT2D eigenvalue weighted by atomic mass is 10.0. The molecule has 3 rings (SSSR count). The van der Waals surface area contributed by atoms with Crippen molar-refractivity contribution in [1.29, 1.82) is 0 Å². The second-order valence-corrected chi connectivity index (χ2v) is 12.4. The van der Waals surface area contributed by atoms with Crippen molar-refractivity contribution in [2.45, 2.75) is 63.5 Å². The Bertz CT molecular complexity index is 1240. The van der Waals surface area contributed by atoms with Gasteiger partial charge in [0, 0.05) is 17.8 Å². The number of benzene rings is 2. The number of anilines is 2. The highest BCUT2D eigenvalue weighted by molar-refractivity contribution is 7.92. The van der Waals surface area contributed by atoms with Crippen LogP contribution in [0.3, 0.4) is 0 Å². The molecular formula is C29H40N4O4S. The van der Waals surface area contributed by atoms with E-state index < -0.39 is 16.1 Å². The number of rotatable bonds is 13. The minimum absolute atomic E-state index is 0.0722. The Morgan fingerprint density at radius 2 is 1.66 bits per heavy atom. The highest BCUT2D eigenvalue weighted by atomic mass is 32.2. The average molecular weight is 541 g/mol. The lowest BCUT2D eigenvalue weighted by Crippen LogP contribution is -2.32. The lowest BCUT2D eigenvalue weighted by Gasteiger charge is -2.21. The first kappa shape index (κ1) is 29.4. The third-order valence-electron chi connectivity index (χ3n) is 5.72. The van der Waals surface area contributed by atoms with E-state index in [0.29, 0.717) is 30.4 Å². The molecule has 38 heavy (non-hydrogen) atoms. The van der Waals surface area contributed by atoms with Gasteiger partial charge in [0.2, 0.25) is 0 Å². The van der Waals surface area contributed by atoms with Crippen LogP contribution in [0.5, 0.6) is 5.75 Å². The third-order valence-corrected chi connectivity index (χ3v) is 7.11. The van der Waals surface area contributed by atoms with Crippen LogP contribution in [0.2, 0.25) is 0 Å². The molecule has 0 spiro atoms. The Labute approximate surface area is 226 Å². The van der Waals surface area contributed by atoms with Crippen molar-refractivity contribution < 1.29 is 18.3 Å². The Morgan fingerprint density at radius 3 is 2.24 bits per heavy atom. The van der Waals surface area contributed by atoms with Gasteiger partial charge in [0.1, 0.15) is 24.3 Å². The summed E-state index contributed by atoms with van der Waals surface area (Å²) in [7, 11) is -3.64. The Balaban J connectivity index is 1.37. The molecule has 9 heteroatoms. The van der Waals surface area contributed by atoms with Crippen LogP contribution >= 0.6 is 0 Å². The summed E-state index contributed by atoms with van der Waals surface area (Å²) in [4.78, 5) is 4.57. The molecule has 206 valence electrons. The summed E-state index contributed by atoms with van der Waals surface area (Å²) in [5, 5.41) is 16.7. The number of hydrogen-bond acceptors (Lipinski definition) is 7. The summed E-state index contributed by atoms with van der Waals surface area (Å²) in [6, 6.07) is 17.9. The van der Waals surface area contributed by atoms with Gasteiger partial charge in [-0.3, -0.25) is 4.72 Å². The van der Waals surface area contributed by atoms with Crippen molar-refractivity contribution in [3.63, 3.8) is 0 Å².